The maximum absolute atomic E-state index is 12.4. The van der Waals surface area contributed by atoms with Crippen molar-refractivity contribution < 1.29 is 14.6 Å². The van der Waals surface area contributed by atoms with Crippen molar-refractivity contribution in [3.8, 4) is 11.5 Å². The van der Waals surface area contributed by atoms with E-state index in [0.717, 1.165) is 37.2 Å². The number of aromatic nitrogens is 1. The monoisotopic (exact) mass is 352 g/mol. The van der Waals surface area contributed by atoms with Crippen LogP contribution in [0.2, 0.25) is 0 Å². The lowest BCUT2D eigenvalue weighted by molar-refractivity contribution is 0.0936. The molecular weight excluding hydrogens is 328 g/mol. The van der Waals surface area contributed by atoms with Crippen LogP contribution in [0.15, 0.2) is 42.7 Å². The summed E-state index contributed by atoms with van der Waals surface area (Å²) in [6.07, 6.45) is 5.96. The van der Waals surface area contributed by atoms with Crippen molar-refractivity contribution >= 4 is 5.78 Å². The van der Waals surface area contributed by atoms with Crippen molar-refractivity contribution in [2.45, 2.75) is 25.9 Å². The number of likely N-dealkylation sites (tertiary alicyclic amines) is 1. The first-order valence-electron chi connectivity index (χ1n) is 9.20. The normalized spacial score (nSPS) is 25.2. The van der Waals surface area contributed by atoms with E-state index in [1.54, 1.807) is 30.5 Å². The zero-order valence-corrected chi connectivity index (χ0v) is 15.0. The number of ketones is 1. The zero-order chi connectivity index (χ0) is 18.1. The van der Waals surface area contributed by atoms with Gasteiger partial charge in [-0.25, -0.2) is 0 Å². The number of ether oxygens (including phenoxy) is 1. The molecule has 5 nitrogen and oxygen atoms in total. The number of phenolic OH excluding ortho intramolecular Hbond substituents is 1. The van der Waals surface area contributed by atoms with E-state index >= 15 is 0 Å². The number of phenols is 1. The van der Waals surface area contributed by atoms with Gasteiger partial charge < -0.3 is 9.84 Å². The van der Waals surface area contributed by atoms with Gasteiger partial charge in [-0.3, -0.25) is 14.7 Å². The van der Waals surface area contributed by atoms with Gasteiger partial charge in [-0.05, 0) is 67.5 Å². The van der Waals surface area contributed by atoms with Gasteiger partial charge in [0, 0.05) is 24.8 Å². The number of hydrogen-bond donors (Lipinski definition) is 1. The van der Waals surface area contributed by atoms with Crippen LogP contribution in [0.25, 0.3) is 0 Å². The number of carbonyl (C=O) groups is 1. The number of carbonyl (C=O) groups excluding carboxylic acids is 1. The second-order valence-corrected chi connectivity index (χ2v) is 7.59. The van der Waals surface area contributed by atoms with Crippen LogP contribution in [0, 0.1) is 18.8 Å². The van der Waals surface area contributed by atoms with Crippen molar-refractivity contribution in [2.75, 3.05) is 19.6 Å². The van der Waals surface area contributed by atoms with Crippen molar-refractivity contribution in [3.63, 3.8) is 0 Å². The van der Waals surface area contributed by atoms with E-state index in [0.29, 0.717) is 23.9 Å². The molecule has 2 aliphatic rings. The lowest BCUT2D eigenvalue weighted by atomic mass is 10.0. The van der Waals surface area contributed by atoms with Crippen molar-refractivity contribution in [3.05, 3.63) is 53.9 Å². The van der Waals surface area contributed by atoms with E-state index in [1.807, 2.05) is 19.2 Å². The minimum Gasteiger partial charge on any atom is -0.508 e. The molecule has 0 radical (unpaired) electrons. The van der Waals surface area contributed by atoms with Gasteiger partial charge in [-0.15, -0.1) is 0 Å². The van der Waals surface area contributed by atoms with Crippen LogP contribution in [0.3, 0.4) is 0 Å². The average molecular weight is 352 g/mol. The topological polar surface area (TPSA) is 62.7 Å². The van der Waals surface area contributed by atoms with Gasteiger partial charge in [-0.1, -0.05) is 0 Å². The highest BCUT2D eigenvalue weighted by Crippen LogP contribution is 2.39. The van der Waals surface area contributed by atoms with Crippen LogP contribution in [-0.4, -0.2) is 46.5 Å². The quantitative estimate of drug-likeness (QED) is 0.838. The Morgan fingerprint density at radius 2 is 1.88 bits per heavy atom. The van der Waals surface area contributed by atoms with Gasteiger partial charge in [0.15, 0.2) is 5.78 Å². The maximum atomic E-state index is 12.4. The van der Waals surface area contributed by atoms with E-state index in [2.05, 4.69) is 9.88 Å². The fraction of sp³-hybridized carbons (Fsp3) is 0.429. The Labute approximate surface area is 153 Å². The smallest absolute Gasteiger partial charge is 0.176 e. The molecule has 1 N–H and O–H groups in total. The summed E-state index contributed by atoms with van der Waals surface area (Å²) in [6, 6.07) is 8.54. The van der Waals surface area contributed by atoms with Gasteiger partial charge in [0.2, 0.25) is 0 Å². The van der Waals surface area contributed by atoms with Crippen LogP contribution in [-0.2, 0) is 0 Å². The Morgan fingerprint density at radius 1 is 1.19 bits per heavy atom. The molecule has 136 valence electrons. The lowest BCUT2D eigenvalue weighted by Crippen LogP contribution is -2.30. The fourth-order valence-electron chi connectivity index (χ4n) is 4.29. The molecule has 1 aromatic heterocycles. The molecule has 4 rings (SSSR count). The molecule has 2 aromatic rings. The molecule has 0 amide bonds. The summed E-state index contributed by atoms with van der Waals surface area (Å²) >= 11 is 0. The van der Waals surface area contributed by atoms with Crippen LogP contribution < -0.4 is 4.74 Å². The molecule has 1 saturated carbocycles. The SMILES string of the molecule is Cc1cncc(OC2C[C@@H]3CN(CC(=O)c4ccc(O)cc4)C[C@@H]3C2)c1. The summed E-state index contributed by atoms with van der Waals surface area (Å²) < 4.78 is 6.12. The molecule has 3 atom stereocenters. The second kappa shape index (κ2) is 7.08. The Morgan fingerprint density at radius 3 is 2.54 bits per heavy atom. The summed E-state index contributed by atoms with van der Waals surface area (Å²) in [5, 5.41) is 9.34. The van der Waals surface area contributed by atoms with Crippen molar-refractivity contribution in [2.24, 2.45) is 11.8 Å². The zero-order valence-electron chi connectivity index (χ0n) is 15.0. The Balaban J connectivity index is 1.29. The molecule has 0 bridgehead atoms. The summed E-state index contributed by atoms with van der Waals surface area (Å²) in [5.74, 6) is 2.36. The number of fused-ring (bicyclic) bond motifs is 1. The summed E-state index contributed by atoms with van der Waals surface area (Å²) in [5.41, 5.74) is 1.77. The number of aryl methyl sites for hydroxylation is 1. The number of rotatable bonds is 5. The molecule has 26 heavy (non-hydrogen) atoms. The Kier molecular flexibility index (Phi) is 4.64. The minimum absolute atomic E-state index is 0.114. The third-order valence-corrected chi connectivity index (χ3v) is 5.49. The summed E-state index contributed by atoms with van der Waals surface area (Å²) in [4.78, 5) is 18.9. The first kappa shape index (κ1) is 17.0. The number of hydrogen-bond acceptors (Lipinski definition) is 5. The Hall–Kier alpha value is -2.40. The van der Waals surface area contributed by atoms with Crippen LogP contribution >= 0.6 is 0 Å². The van der Waals surface area contributed by atoms with E-state index in [4.69, 9.17) is 4.74 Å². The molecule has 1 saturated heterocycles. The van der Waals surface area contributed by atoms with Gasteiger partial charge >= 0.3 is 0 Å². The lowest BCUT2D eigenvalue weighted by Gasteiger charge is -2.19. The number of pyridine rings is 1. The molecule has 2 fully saturated rings. The summed E-state index contributed by atoms with van der Waals surface area (Å²) in [7, 11) is 0. The van der Waals surface area contributed by atoms with E-state index in [9.17, 15) is 9.90 Å². The molecule has 1 aliphatic heterocycles. The molecule has 2 heterocycles. The highest BCUT2D eigenvalue weighted by Gasteiger charge is 2.42. The van der Waals surface area contributed by atoms with Crippen molar-refractivity contribution in [1.82, 2.24) is 9.88 Å². The predicted octanol–water partition coefficient (Wildman–Crippen LogP) is 3.07. The van der Waals surface area contributed by atoms with Crippen LogP contribution in [0.1, 0.15) is 28.8 Å². The molecular formula is C21H24N2O3. The van der Waals surface area contributed by atoms with Crippen molar-refractivity contribution in [1.29, 1.82) is 0 Å². The Bertz CT molecular complexity index is 776. The van der Waals surface area contributed by atoms with Crippen LogP contribution in [0.4, 0.5) is 0 Å². The molecule has 5 heteroatoms. The van der Waals surface area contributed by atoms with Gasteiger partial charge in [0.25, 0.3) is 0 Å². The highest BCUT2D eigenvalue weighted by molar-refractivity contribution is 5.97. The van der Waals surface area contributed by atoms with E-state index < -0.39 is 0 Å². The third kappa shape index (κ3) is 3.73. The molecule has 1 unspecified atom stereocenters. The van der Waals surface area contributed by atoms with Gasteiger partial charge in [-0.2, -0.15) is 0 Å². The largest absolute Gasteiger partial charge is 0.508 e. The number of Topliss-reactive ketones (excluding diaryl/α,β-unsaturated/α-hetero) is 1. The molecule has 1 aliphatic carbocycles. The number of aromatic hydroxyl groups is 1. The molecule has 1 aromatic carbocycles. The maximum Gasteiger partial charge on any atom is 0.176 e. The van der Waals surface area contributed by atoms with Gasteiger partial charge in [0.05, 0.1) is 18.8 Å². The van der Waals surface area contributed by atoms with Crippen LogP contribution in [0.5, 0.6) is 11.5 Å². The average Bonchev–Trinajstić information content (AvgIpc) is 3.13. The predicted molar refractivity (Wildman–Crippen MR) is 98.5 cm³/mol. The third-order valence-electron chi connectivity index (χ3n) is 5.49. The van der Waals surface area contributed by atoms with Gasteiger partial charge in [0.1, 0.15) is 11.5 Å². The van der Waals surface area contributed by atoms with E-state index in [-0.39, 0.29) is 17.6 Å². The van der Waals surface area contributed by atoms with E-state index in [1.165, 1.54) is 0 Å². The molecule has 0 spiro atoms. The second-order valence-electron chi connectivity index (χ2n) is 7.59. The minimum atomic E-state index is 0.114. The highest BCUT2D eigenvalue weighted by atomic mass is 16.5. The number of benzene rings is 1. The first-order chi connectivity index (χ1) is 12.6. The first-order valence-corrected chi connectivity index (χ1v) is 9.20. The standard InChI is InChI=1S/C21H24N2O3/c1-14-6-20(10-22-9-14)26-19-7-16-11-23(12-17(16)8-19)13-21(25)15-2-4-18(24)5-3-15/h2-6,9-10,16-17,19,24H,7-8,11-13H2,1H3/t16-,17+,19?. The number of nitrogens with zero attached hydrogens (tertiary/aromatic N) is 2. The fourth-order valence-corrected chi connectivity index (χ4v) is 4.29. The summed E-state index contributed by atoms with van der Waals surface area (Å²) in [6.45, 7) is 4.39.